The predicted molar refractivity (Wildman–Crippen MR) is 123 cm³/mol. The molecule has 140 valence electrons. The number of aliphatic imine (C=N–C) groups is 1. The maximum atomic E-state index is 4.35. The quantitative estimate of drug-likeness (QED) is 0.313. The molecule has 2 N–H and O–H groups in total. The lowest BCUT2D eigenvalue weighted by Gasteiger charge is -2.30. The second kappa shape index (κ2) is 12.7. The average molecular weight is 492 g/mol. The van der Waals surface area contributed by atoms with Crippen LogP contribution in [0.1, 0.15) is 30.3 Å². The van der Waals surface area contributed by atoms with Crippen LogP contribution in [-0.4, -0.2) is 44.1 Å². The molecule has 0 saturated heterocycles. The van der Waals surface area contributed by atoms with Crippen LogP contribution >= 0.6 is 46.7 Å². The Morgan fingerprint density at radius 3 is 2.56 bits per heavy atom. The van der Waals surface area contributed by atoms with Crippen molar-refractivity contribution in [1.82, 2.24) is 15.5 Å². The van der Waals surface area contributed by atoms with Crippen molar-refractivity contribution in [2.75, 3.05) is 33.2 Å². The monoisotopic (exact) mass is 492 g/mol. The molecular weight excluding hydrogens is 463 g/mol. The number of nitrogens with zero attached hydrogens (tertiary/aromatic N) is 2. The van der Waals surface area contributed by atoms with Gasteiger partial charge in [-0.05, 0) is 53.3 Å². The van der Waals surface area contributed by atoms with E-state index < -0.39 is 0 Å². The predicted octanol–water partition coefficient (Wildman–Crippen LogP) is 4.22. The van der Waals surface area contributed by atoms with E-state index in [1.807, 2.05) is 7.05 Å². The van der Waals surface area contributed by atoms with Gasteiger partial charge in [0.1, 0.15) is 0 Å². The molecule has 25 heavy (non-hydrogen) atoms. The number of hydrogen-bond acceptors (Lipinski definition) is 4. The first-order valence-corrected chi connectivity index (χ1v) is 10.3. The highest BCUT2D eigenvalue weighted by atomic mass is 127. The number of thiophene rings is 2. The average Bonchev–Trinajstić information content (AvgIpc) is 3.30. The second-order valence-corrected chi connectivity index (χ2v) is 7.32. The summed E-state index contributed by atoms with van der Waals surface area (Å²) >= 11 is 3.56. The summed E-state index contributed by atoms with van der Waals surface area (Å²) in [7, 11) is 1.83. The van der Waals surface area contributed by atoms with Gasteiger partial charge in [-0.3, -0.25) is 9.89 Å². The molecule has 0 fully saturated rings. The molecule has 2 rings (SSSR count). The molecule has 2 heterocycles. The van der Waals surface area contributed by atoms with E-state index in [0.29, 0.717) is 6.04 Å². The van der Waals surface area contributed by atoms with Gasteiger partial charge >= 0.3 is 0 Å². The van der Waals surface area contributed by atoms with Crippen molar-refractivity contribution in [3.63, 3.8) is 0 Å². The molecule has 0 aliphatic rings. The van der Waals surface area contributed by atoms with Crippen molar-refractivity contribution in [1.29, 1.82) is 0 Å². The number of nitrogens with one attached hydrogen (secondary N) is 2. The Morgan fingerprint density at radius 2 is 2.00 bits per heavy atom. The van der Waals surface area contributed by atoms with Crippen molar-refractivity contribution in [3.05, 3.63) is 44.8 Å². The summed E-state index contributed by atoms with van der Waals surface area (Å²) in [5.41, 5.74) is 1.38. The fraction of sp³-hybridized carbons (Fsp3) is 0.500. The van der Waals surface area contributed by atoms with Gasteiger partial charge in [-0.25, -0.2) is 0 Å². The first-order valence-electron chi connectivity index (χ1n) is 8.51. The highest BCUT2D eigenvalue weighted by Crippen LogP contribution is 2.22. The molecular formula is C18H29IN4S2. The molecule has 1 atom stereocenters. The van der Waals surface area contributed by atoms with Crippen LogP contribution in [0.2, 0.25) is 0 Å². The van der Waals surface area contributed by atoms with Crippen LogP contribution in [0.5, 0.6) is 0 Å². The van der Waals surface area contributed by atoms with E-state index in [0.717, 1.165) is 38.6 Å². The Labute approximate surface area is 176 Å². The standard InChI is InChI=1S/C18H28N4S2.HI/c1-4-22(5-2)17(15-9-12-23-14-15)13-21-18(19-3)20-10-8-16-7-6-11-24-16;/h6-7,9,11-12,14,17H,4-5,8,10,13H2,1-3H3,(H2,19,20,21);1H. The number of guanidine groups is 1. The third-order valence-electron chi connectivity index (χ3n) is 4.11. The Morgan fingerprint density at radius 1 is 1.20 bits per heavy atom. The van der Waals surface area contributed by atoms with Crippen LogP contribution in [0.25, 0.3) is 0 Å². The summed E-state index contributed by atoms with van der Waals surface area (Å²) in [4.78, 5) is 8.23. The number of hydrogen-bond donors (Lipinski definition) is 2. The summed E-state index contributed by atoms with van der Waals surface area (Å²) in [5, 5.41) is 13.4. The van der Waals surface area contributed by atoms with Crippen LogP contribution in [0.3, 0.4) is 0 Å². The fourth-order valence-corrected chi connectivity index (χ4v) is 4.18. The molecule has 0 aliphatic heterocycles. The van der Waals surface area contributed by atoms with Gasteiger partial charge in [-0.1, -0.05) is 19.9 Å². The van der Waals surface area contributed by atoms with Gasteiger partial charge in [0, 0.05) is 25.0 Å². The molecule has 0 spiro atoms. The number of rotatable bonds is 9. The normalized spacial score (nSPS) is 12.7. The zero-order valence-corrected chi connectivity index (χ0v) is 19.2. The van der Waals surface area contributed by atoms with Crippen molar-refractivity contribution < 1.29 is 0 Å². The molecule has 0 bridgehead atoms. The Bertz CT molecular complexity index is 580. The lowest BCUT2D eigenvalue weighted by atomic mass is 10.1. The van der Waals surface area contributed by atoms with Crippen molar-refractivity contribution in [2.45, 2.75) is 26.3 Å². The zero-order valence-electron chi connectivity index (χ0n) is 15.2. The largest absolute Gasteiger partial charge is 0.356 e. The third kappa shape index (κ3) is 7.24. The Hall–Kier alpha value is -0.640. The lowest BCUT2D eigenvalue weighted by molar-refractivity contribution is 0.219. The topological polar surface area (TPSA) is 39.7 Å². The molecule has 0 saturated carbocycles. The highest BCUT2D eigenvalue weighted by Gasteiger charge is 2.18. The first kappa shape index (κ1) is 22.4. The molecule has 2 aromatic heterocycles. The molecule has 0 amide bonds. The zero-order chi connectivity index (χ0) is 17.2. The Balaban J connectivity index is 0.00000312. The van der Waals surface area contributed by atoms with Gasteiger partial charge in [-0.15, -0.1) is 35.3 Å². The minimum Gasteiger partial charge on any atom is -0.356 e. The van der Waals surface area contributed by atoms with Crippen LogP contribution in [0.15, 0.2) is 39.3 Å². The van der Waals surface area contributed by atoms with E-state index in [1.54, 1.807) is 22.7 Å². The van der Waals surface area contributed by atoms with Gasteiger partial charge in [0.15, 0.2) is 5.96 Å². The maximum Gasteiger partial charge on any atom is 0.191 e. The number of likely N-dealkylation sites (N-methyl/N-ethyl adjacent to an activating group) is 1. The molecule has 7 heteroatoms. The minimum absolute atomic E-state index is 0. The van der Waals surface area contributed by atoms with E-state index >= 15 is 0 Å². The van der Waals surface area contributed by atoms with Crippen molar-refractivity contribution >= 4 is 52.6 Å². The third-order valence-corrected chi connectivity index (χ3v) is 5.75. The van der Waals surface area contributed by atoms with Crippen LogP contribution in [0.4, 0.5) is 0 Å². The summed E-state index contributed by atoms with van der Waals surface area (Å²) in [6, 6.07) is 6.88. The molecule has 4 nitrogen and oxygen atoms in total. The minimum atomic E-state index is 0. The Kier molecular flexibility index (Phi) is 11.4. The smallest absolute Gasteiger partial charge is 0.191 e. The molecule has 0 radical (unpaired) electrons. The first-order chi connectivity index (χ1) is 11.8. The van der Waals surface area contributed by atoms with Crippen LogP contribution in [-0.2, 0) is 6.42 Å². The number of halogens is 1. The van der Waals surface area contributed by atoms with Gasteiger partial charge < -0.3 is 10.6 Å². The van der Waals surface area contributed by atoms with Crippen molar-refractivity contribution in [3.8, 4) is 0 Å². The van der Waals surface area contributed by atoms with Crippen LogP contribution < -0.4 is 10.6 Å². The molecule has 0 aliphatic carbocycles. The van der Waals surface area contributed by atoms with E-state index in [2.05, 4.69) is 68.7 Å². The summed E-state index contributed by atoms with van der Waals surface area (Å²) in [5.74, 6) is 0.874. The van der Waals surface area contributed by atoms with Crippen LogP contribution in [0, 0.1) is 0 Å². The SMILES string of the molecule is CCN(CC)C(CNC(=NC)NCCc1cccs1)c1ccsc1.I. The van der Waals surface area contributed by atoms with E-state index in [1.165, 1.54) is 10.4 Å². The van der Waals surface area contributed by atoms with E-state index in [4.69, 9.17) is 0 Å². The second-order valence-electron chi connectivity index (χ2n) is 5.50. The summed E-state index contributed by atoms with van der Waals surface area (Å²) in [6.45, 7) is 8.28. The molecule has 0 aromatic carbocycles. The fourth-order valence-electron chi connectivity index (χ4n) is 2.76. The summed E-state index contributed by atoms with van der Waals surface area (Å²) < 4.78 is 0. The van der Waals surface area contributed by atoms with Gasteiger partial charge in [0.2, 0.25) is 0 Å². The van der Waals surface area contributed by atoms with Gasteiger partial charge in [0.05, 0.1) is 6.04 Å². The lowest BCUT2D eigenvalue weighted by Crippen LogP contribution is -2.43. The molecule has 1 unspecified atom stereocenters. The van der Waals surface area contributed by atoms with E-state index in [-0.39, 0.29) is 24.0 Å². The highest BCUT2D eigenvalue weighted by molar-refractivity contribution is 14.0. The summed E-state index contributed by atoms with van der Waals surface area (Å²) in [6.07, 6.45) is 1.03. The van der Waals surface area contributed by atoms with Gasteiger partial charge in [-0.2, -0.15) is 11.3 Å². The maximum absolute atomic E-state index is 4.35. The molecule has 2 aromatic rings. The van der Waals surface area contributed by atoms with Crippen molar-refractivity contribution in [2.24, 2.45) is 4.99 Å². The van der Waals surface area contributed by atoms with Gasteiger partial charge in [0.25, 0.3) is 0 Å². The van der Waals surface area contributed by atoms with E-state index in [9.17, 15) is 0 Å².